The molecule has 5 nitrogen and oxygen atoms in total. The molecule has 0 aliphatic carbocycles. The summed E-state index contributed by atoms with van der Waals surface area (Å²) >= 11 is 7.76. The van der Waals surface area contributed by atoms with Crippen molar-refractivity contribution in [2.75, 3.05) is 17.8 Å². The molecule has 0 spiro atoms. The van der Waals surface area contributed by atoms with Crippen molar-refractivity contribution in [1.82, 2.24) is 5.32 Å². The second-order valence-electron chi connectivity index (χ2n) is 5.41. The number of thioether (sulfide) groups is 1. The number of nitrogens with two attached hydrogens (primary N) is 1. The Labute approximate surface area is 139 Å². The number of hydrogen-bond acceptors (Lipinski definition) is 5. The standard InChI is InChI=1S/C14H19ClN2O3S2/c1-22(19,20)7-5-11(16)14(18)17-12-4-6-21-13-3-2-9(15)8-10(12)13/h2-3,8,11-12H,4-7,16H2,1H3,(H,17,18). The number of hydrogen-bond donors (Lipinski definition) is 2. The van der Waals surface area contributed by atoms with E-state index in [1.807, 2.05) is 18.2 Å². The lowest BCUT2D eigenvalue weighted by Crippen LogP contribution is -2.43. The maximum Gasteiger partial charge on any atom is 0.237 e. The first-order valence-corrected chi connectivity index (χ1v) is 10.3. The summed E-state index contributed by atoms with van der Waals surface area (Å²) in [6.07, 6.45) is 2.05. The third-order valence-corrected chi connectivity index (χ3v) is 5.80. The van der Waals surface area contributed by atoms with Gasteiger partial charge >= 0.3 is 0 Å². The molecule has 0 aromatic heterocycles. The maximum atomic E-state index is 12.2. The van der Waals surface area contributed by atoms with Crippen LogP contribution >= 0.6 is 23.4 Å². The molecule has 2 rings (SSSR count). The van der Waals surface area contributed by atoms with Gasteiger partial charge in [-0.15, -0.1) is 11.8 Å². The van der Waals surface area contributed by atoms with E-state index in [2.05, 4.69) is 5.32 Å². The average Bonchev–Trinajstić information content (AvgIpc) is 2.44. The first-order chi connectivity index (χ1) is 10.3. The molecule has 2 unspecified atom stereocenters. The van der Waals surface area contributed by atoms with E-state index in [1.165, 1.54) is 0 Å². The summed E-state index contributed by atoms with van der Waals surface area (Å²) in [6, 6.07) is 4.68. The summed E-state index contributed by atoms with van der Waals surface area (Å²) in [5.74, 6) is 0.481. The lowest BCUT2D eigenvalue weighted by molar-refractivity contribution is -0.123. The van der Waals surface area contributed by atoms with Gasteiger partial charge in [0.15, 0.2) is 0 Å². The Morgan fingerprint density at radius 2 is 2.27 bits per heavy atom. The van der Waals surface area contributed by atoms with Crippen LogP contribution in [0.2, 0.25) is 5.02 Å². The van der Waals surface area contributed by atoms with Crippen LogP contribution in [0, 0.1) is 0 Å². The topological polar surface area (TPSA) is 89.3 Å². The van der Waals surface area contributed by atoms with Crippen molar-refractivity contribution in [3.63, 3.8) is 0 Å². The van der Waals surface area contributed by atoms with Crippen molar-refractivity contribution in [3.8, 4) is 0 Å². The quantitative estimate of drug-likeness (QED) is 0.833. The summed E-state index contributed by atoms with van der Waals surface area (Å²) in [6.45, 7) is 0. The average molecular weight is 363 g/mol. The predicted octanol–water partition coefficient (Wildman–Crippen LogP) is 1.76. The van der Waals surface area contributed by atoms with Gasteiger partial charge in [0.25, 0.3) is 0 Å². The third-order valence-electron chi connectivity index (χ3n) is 3.46. The van der Waals surface area contributed by atoms with Crippen LogP contribution in [0.15, 0.2) is 23.1 Å². The zero-order valence-electron chi connectivity index (χ0n) is 12.2. The highest BCUT2D eigenvalue weighted by atomic mass is 35.5. The Hall–Kier alpha value is -0.760. The van der Waals surface area contributed by atoms with Gasteiger partial charge in [-0.25, -0.2) is 8.42 Å². The molecule has 1 aromatic carbocycles. The summed E-state index contributed by atoms with van der Waals surface area (Å²) in [5.41, 5.74) is 6.78. The molecule has 3 N–H and O–H groups in total. The van der Waals surface area contributed by atoms with E-state index >= 15 is 0 Å². The van der Waals surface area contributed by atoms with Crippen LogP contribution in [0.4, 0.5) is 0 Å². The van der Waals surface area contributed by atoms with E-state index < -0.39 is 15.9 Å². The molecule has 1 aliphatic heterocycles. The minimum absolute atomic E-state index is 0.0927. The number of nitrogens with one attached hydrogen (secondary N) is 1. The van der Waals surface area contributed by atoms with Gasteiger partial charge in [0, 0.05) is 21.9 Å². The zero-order chi connectivity index (χ0) is 16.3. The van der Waals surface area contributed by atoms with Crippen molar-refractivity contribution in [3.05, 3.63) is 28.8 Å². The number of benzene rings is 1. The van der Waals surface area contributed by atoms with Crippen LogP contribution in [0.5, 0.6) is 0 Å². The second-order valence-corrected chi connectivity index (χ2v) is 9.24. The summed E-state index contributed by atoms with van der Waals surface area (Å²) in [5, 5.41) is 3.53. The molecule has 1 aromatic rings. The maximum absolute atomic E-state index is 12.2. The predicted molar refractivity (Wildman–Crippen MR) is 90.0 cm³/mol. The lowest BCUT2D eigenvalue weighted by Gasteiger charge is -2.27. The SMILES string of the molecule is CS(=O)(=O)CCC(N)C(=O)NC1CCSc2ccc(Cl)cc21. The molecule has 0 saturated carbocycles. The van der Waals surface area contributed by atoms with Crippen LogP contribution in [0.1, 0.15) is 24.4 Å². The molecule has 8 heteroatoms. The number of amides is 1. The first kappa shape index (κ1) is 17.6. The monoisotopic (exact) mass is 362 g/mol. The Kier molecular flexibility index (Phi) is 5.76. The fraction of sp³-hybridized carbons (Fsp3) is 0.500. The molecule has 0 saturated heterocycles. The number of carbonyl (C=O) groups excluding carboxylic acids is 1. The Morgan fingerprint density at radius 1 is 1.55 bits per heavy atom. The van der Waals surface area contributed by atoms with Gasteiger partial charge in [0.05, 0.1) is 17.8 Å². The summed E-state index contributed by atoms with van der Waals surface area (Å²) < 4.78 is 22.3. The molecule has 0 radical (unpaired) electrons. The Bertz CT molecular complexity index is 664. The number of halogens is 1. The van der Waals surface area contributed by atoms with Gasteiger partial charge in [-0.05, 0) is 36.6 Å². The molecule has 0 bridgehead atoms. The van der Waals surface area contributed by atoms with Crippen LogP contribution in [-0.2, 0) is 14.6 Å². The number of sulfone groups is 1. The minimum atomic E-state index is -3.12. The normalized spacial score (nSPS) is 19.3. The number of carbonyl (C=O) groups is 1. The Morgan fingerprint density at radius 3 is 2.95 bits per heavy atom. The molecular formula is C14H19ClN2O3S2. The smallest absolute Gasteiger partial charge is 0.237 e. The van der Waals surface area contributed by atoms with Crippen molar-refractivity contribution in [1.29, 1.82) is 0 Å². The molecule has 1 heterocycles. The van der Waals surface area contributed by atoms with Crippen molar-refractivity contribution < 1.29 is 13.2 Å². The van der Waals surface area contributed by atoms with Crippen LogP contribution in [0.3, 0.4) is 0 Å². The summed E-state index contributed by atoms with van der Waals surface area (Å²) in [4.78, 5) is 13.3. The molecule has 122 valence electrons. The van der Waals surface area contributed by atoms with Crippen LogP contribution < -0.4 is 11.1 Å². The van der Waals surface area contributed by atoms with Crippen molar-refractivity contribution >= 4 is 39.1 Å². The fourth-order valence-electron chi connectivity index (χ4n) is 2.27. The van der Waals surface area contributed by atoms with E-state index in [0.29, 0.717) is 5.02 Å². The van der Waals surface area contributed by atoms with E-state index in [9.17, 15) is 13.2 Å². The van der Waals surface area contributed by atoms with Gasteiger partial charge in [-0.3, -0.25) is 4.79 Å². The zero-order valence-corrected chi connectivity index (χ0v) is 14.6. The molecule has 2 atom stereocenters. The van der Waals surface area contributed by atoms with Crippen molar-refractivity contribution in [2.24, 2.45) is 5.73 Å². The highest BCUT2D eigenvalue weighted by molar-refractivity contribution is 7.99. The summed E-state index contributed by atoms with van der Waals surface area (Å²) in [7, 11) is -3.12. The number of rotatable bonds is 5. The van der Waals surface area contributed by atoms with E-state index in [1.54, 1.807) is 11.8 Å². The first-order valence-electron chi connectivity index (χ1n) is 6.92. The van der Waals surface area contributed by atoms with E-state index in [-0.39, 0.29) is 24.1 Å². The van der Waals surface area contributed by atoms with Gasteiger partial charge in [-0.2, -0.15) is 0 Å². The molecular weight excluding hydrogens is 344 g/mol. The largest absolute Gasteiger partial charge is 0.348 e. The van der Waals surface area contributed by atoms with Crippen LogP contribution in [0.25, 0.3) is 0 Å². The lowest BCUT2D eigenvalue weighted by atomic mass is 10.0. The highest BCUT2D eigenvalue weighted by Crippen LogP contribution is 2.37. The van der Waals surface area contributed by atoms with Gasteiger partial charge in [0.2, 0.25) is 5.91 Å². The second kappa shape index (κ2) is 7.21. The van der Waals surface area contributed by atoms with Crippen molar-refractivity contribution in [2.45, 2.75) is 29.8 Å². The van der Waals surface area contributed by atoms with Gasteiger partial charge < -0.3 is 11.1 Å². The molecule has 1 amide bonds. The molecule has 22 heavy (non-hydrogen) atoms. The van der Waals surface area contributed by atoms with Gasteiger partial charge in [0.1, 0.15) is 9.84 Å². The van der Waals surface area contributed by atoms with E-state index in [0.717, 1.165) is 28.9 Å². The Balaban J connectivity index is 2.02. The highest BCUT2D eigenvalue weighted by Gasteiger charge is 2.25. The van der Waals surface area contributed by atoms with E-state index in [4.69, 9.17) is 17.3 Å². The number of fused-ring (bicyclic) bond motifs is 1. The minimum Gasteiger partial charge on any atom is -0.348 e. The van der Waals surface area contributed by atoms with Crippen LogP contribution in [-0.4, -0.2) is 38.1 Å². The molecule has 0 fully saturated rings. The fourth-order valence-corrected chi connectivity index (χ4v) is 4.23. The third kappa shape index (κ3) is 4.87. The molecule has 1 aliphatic rings. The van der Waals surface area contributed by atoms with Gasteiger partial charge in [-0.1, -0.05) is 11.6 Å².